The molecule has 0 unspecified atom stereocenters. The van der Waals surface area contributed by atoms with Crippen LogP contribution in [0, 0.1) is 5.82 Å². The van der Waals surface area contributed by atoms with E-state index in [1.165, 1.54) is 6.07 Å². The molecule has 0 fully saturated rings. The minimum atomic E-state index is -0.307. The third-order valence-electron chi connectivity index (χ3n) is 3.49. The number of benzene rings is 1. The van der Waals surface area contributed by atoms with Crippen LogP contribution in [0.5, 0.6) is 0 Å². The number of aromatic nitrogens is 1. The Hall–Kier alpha value is -2.04. The molecule has 0 atom stereocenters. The zero-order valence-electron chi connectivity index (χ0n) is 10.7. The van der Waals surface area contributed by atoms with Crippen molar-refractivity contribution in [2.45, 2.75) is 19.9 Å². The van der Waals surface area contributed by atoms with Crippen LogP contribution in [-0.2, 0) is 17.7 Å². The van der Waals surface area contributed by atoms with Gasteiger partial charge in [-0.25, -0.2) is 9.18 Å². The van der Waals surface area contributed by atoms with Crippen LogP contribution in [-0.4, -0.2) is 29.1 Å². The van der Waals surface area contributed by atoms with Crippen molar-refractivity contribution in [3.8, 4) is 0 Å². The van der Waals surface area contributed by atoms with E-state index in [1.807, 2.05) is 6.07 Å². The molecule has 0 aliphatic carbocycles. The zero-order chi connectivity index (χ0) is 13.4. The first-order valence-corrected chi connectivity index (χ1v) is 6.40. The molecule has 3 rings (SSSR count). The molecule has 0 saturated carbocycles. The van der Waals surface area contributed by atoms with Crippen molar-refractivity contribution < 1.29 is 13.9 Å². The van der Waals surface area contributed by atoms with Crippen molar-refractivity contribution in [1.29, 1.82) is 0 Å². The Morgan fingerprint density at radius 2 is 2.37 bits per heavy atom. The summed E-state index contributed by atoms with van der Waals surface area (Å²) in [5.41, 5.74) is 2.53. The molecule has 0 radical (unpaired) electrons. The van der Waals surface area contributed by atoms with E-state index in [-0.39, 0.29) is 11.9 Å². The predicted molar refractivity (Wildman–Crippen MR) is 69.4 cm³/mol. The summed E-state index contributed by atoms with van der Waals surface area (Å²) in [4.78, 5) is 16.5. The Morgan fingerprint density at radius 3 is 3.16 bits per heavy atom. The second-order valence-corrected chi connectivity index (χ2v) is 4.61. The molecule has 0 spiro atoms. The minimum absolute atomic E-state index is 0.255. The molecule has 1 aliphatic heterocycles. The predicted octanol–water partition coefficient (Wildman–Crippen LogP) is 2.82. The standard InChI is InChI=1S/C14H15FN2O2/c1-2-19-14(18)17-7-6-12-10(8-17)9-4-3-5-11(15)13(9)16-12/h3-5,16H,2,6-8H2,1H3. The number of nitrogens with zero attached hydrogens (tertiary/aromatic N) is 1. The summed E-state index contributed by atoms with van der Waals surface area (Å²) in [5, 5.41) is 0.851. The fourth-order valence-corrected chi connectivity index (χ4v) is 2.57. The van der Waals surface area contributed by atoms with Crippen molar-refractivity contribution in [2.24, 2.45) is 0 Å². The van der Waals surface area contributed by atoms with Crippen molar-refractivity contribution in [3.63, 3.8) is 0 Å². The topological polar surface area (TPSA) is 45.3 Å². The first kappa shape index (κ1) is 12.0. The number of carbonyl (C=O) groups is 1. The van der Waals surface area contributed by atoms with E-state index in [9.17, 15) is 9.18 Å². The molecule has 1 N–H and O–H groups in total. The van der Waals surface area contributed by atoms with Gasteiger partial charge in [-0.15, -0.1) is 0 Å². The average Bonchev–Trinajstić information content (AvgIpc) is 2.78. The van der Waals surface area contributed by atoms with Gasteiger partial charge in [0.15, 0.2) is 0 Å². The van der Waals surface area contributed by atoms with Crippen molar-refractivity contribution >= 4 is 17.0 Å². The van der Waals surface area contributed by atoms with Crippen molar-refractivity contribution in [3.05, 3.63) is 35.3 Å². The molecule has 2 heterocycles. The van der Waals surface area contributed by atoms with Gasteiger partial charge in [0.2, 0.25) is 0 Å². The lowest BCUT2D eigenvalue weighted by atomic mass is 10.0. The molecule has 1 amide bonds. The summed E-state index contributed by atoms with van der Waals surface area (Å²) in [6.07, 6.45) is 0.390. The maximum atomic E-state index is 13.7. The van der Waals surface area contributed by atoms with E-state index in [0.29, 0.717) is 31.6 Å². The molecule has 0 bridgehead atoms. The summed E-state index contributed by atoms with van der Waals surface area (Å²) < 4.78 is 18.7. The summed E-state index contributed by atoms with van der Waals surface area (Å²) in [5.74, 6) is -0.255. The van der Waals surface area contributed by atoms with Gasteiger partial charge in [0.1, 0.15) is 5.82 Å². The number of halogens is 1. The lowest BCUT2D eigenvalue weighted by molar-refractivity contribution is 0.103. The Morgan fingerprint density at radius 1 is 1.53 bits per heavy atom. The summed E-state index contributed by atoms with van der Waals surface area (Å²) in [6, 6.07) is 5.00. The third-order valence-corrected chi connectivity index (χ3v) is 3.49. The Balaban J connectivity index is 1.98. The first-order chi connectivity index (χ1) is 9.20. The van der Waals surface area contributed by atoms with Gasteiger partial charge in [0.25, 0.3) is 0 Å². The normalized spacial score (nSPS) is 14.5. The van der Waals surface area contributed by atoms with Crippen LogP contribution in [0.25, 0.3) is 10.9 Å². The van der Waals surface area contributed by atoms with Crippen molar-refractivity contribution in [1.82, 2.24) is 9.88 Å². The van der Waals surface area contributed by atoms with Gasteiger partial charge < -0.3 is 14.6 Å². The van der Waals surface area contributed by atoms with Crippen LogP contribution in [0.1, 0.15) is 18.2 Å². The van der Waals surface area contributed by atoms with Crippen LogP contribution in [0.15, 0.2) is 18.2 Å². The van der Waals surface area contributed by atoms with Crippen molar-refractivity contribution in [2.75, 3.05) is 13.2 Å². The molecule has 19 heavy (non-hydrogen) atoms. The highest BCUT2D eigenvalue weighted by atomic mass is 19.1. The number of amides is 1. The fraction of sp³-hybridized carbons (Fsp3) is 0.357. The molecular formula is C14H15FN2O2. The number of hydrogen-bond acceptors (Lipinski definition) is 2. The molecule has 5 heteroatoms. The van der Waals surface area contributed by atoms with Crippen LogP contribution >= 0.6 is 0 Å². The highest BCUT2D eigenvalue weighted by Gasteiger charge is 2.25. The van der Waals surface area contributed by atoms with Crippen LogP contribution in [0.3, 0.4) is 0 Å². The Bertz CT molecular complexity index is 636. The van der Waals surface area contributed by atoms with Gasteiger partial charge >= 0.3 is 6.09 Å². The zero-order valence-corrected chi connectivity index (χ0v) is 10.7. The molecule has 1 aromatic heterocycles. The summed E-state index contributed by atoms with van der Waals surface area (Å²) in [6.45, 7) is 3.22. The highest BCUT2D eigenvalue weighted by Crippen LogP contribution is 2.29. The second kappa shape index (κ2) is 4.57. The summed E-state index contributed by atoms with van der Waals surface area (Å²) in [7, 11) is 0. The number of para-hydroxylation sites is 1. The number of carbonyl (C=O) groups excluding carboxylic acids is 1. The molecule has 0 saturated heterocycles. The van der Waals surface area contributed by atoms with E-state index in [1.54, 1.807) is 17.9 Å². The Kier molecular flexibility index (Phi) is 2.89. The van der Waals surface area contributed by atoms with Crippen LogP contribution in [0.2, 0.25) is 0 Å². The number of ether oxygens (including phenoxy) is 1. The number of aromatic amines is 1. The smallest absolute Gasteiger partial charge is 0.410 e. The minimum Gasteiger partial charge on any atom is -0.450 e. The van der Waals surface area contributed by atoms with Gasteiger partial charge in [-0.2, -0.15) is 0 Å². The van der Waals surface area contributed by atoms with E-state index in [2.05, 4.69) is 4.98 Å². The molecule has 1 aromatic carbocycles. The van der Waals surface area contributed by atoms with Crippen LogP contribution in [0.4, 0.5) is 9.18 Å². The molecule has 2 aromatic rings. The number of H-pyrrole nitrogens is 1. The van der Waals surface area contributed by atoms with Gasteiger partial charge in [-0.3, -0.25) is 0 Å². The first-order valence-electron chi connectivity index (χ1n) is 6.40. The largest absolute Gasteiger partial charge is 0.450 e. The monoisotopic (exact) mass is 262 g/mol. The second-order valence-electron chi connectivity index (χ2n) is 4.61. The SMILES string of the molecule is CCOC(=O)N1CCc2[nH]c3c(F)cccc3c2C1. The average molecular weight is 262 g/mol. The number of nitrogens with one attached hydrogen (secondary N) is 1. The Labute approximate surface area is 110 Å². The quantitative estimate of drug-likeness (QED) is 0.859. The highest BCUT2D eigenvalue weighted by molar-refractivity contribution is 5.86. The van der Waals surface area contributed by atoms with E-state index >= 15 is 0 Å². The maximum absolute atomic E-state index is 13.7. The lowest BCUT2D eigenvalue weighted by Crippen LogP contribution is -2.36. The van der Waals surface area contributed by atoms with E-state index in [0.717, 1.165) is 16.6 Å². The van der Waals surface area contributed by atoms with Gasteiger partial charge in [0.05, 0.1) is 18.7 Å². The maximum Gasteiger partial charge on any atom is 0.410 e. The number of rotatable bonds is 1. The molecule has 1 aliphatic rings. The number of fused-ring (bicyclic) bond motifs is 3. The molecular weight excluding hydrogens is 247 g/mol. The van der Waals surface area contributed by atoms with Crippen LogP contribution < -0.4 is 0 Å². The summed E-state index contributed by atoms with van der Waals surface area (Å²) >= 11 is 0. The number of hydrogen-bond donors (Lipinski definition) is 1. The van der Waals surface area contributed by atoms with E-state index < -0.39 is 0 Å². The van der Waals surface area contributed by atoms with Gasteiger partial charge in [0, 0.05) is 29.6 Å². The van der Waals surface area contributed by atoms with Gasteiger partial charge in [-0.05, 0) is 13.0 Å². The lowest BCUT2D eigenvalue weighted by Gasteiger charge is -2.26. The van der Waals surface area contributed by atoms with Gasteiger partial charge in [-0.1, -0.05) is 12.1 Å². The van der Waals surface area contributed by atoms with E-state index in [4.69, 9.17) is 4.74 Å². The third kappa shape index (κ3) is 1.95. The fourth-order valence-electron chi connectivity index (χ4n) is 2.57. The molecule has 100 valence electrons. The molecule has 4 nitrogen and oxygen atoms in total.